The second kappa shape index (κ2) is 9.32. The molecule has 9 heteroatoms. The Hall–Kier alpha value is -1.93. The third-order valence-corrected chi connectivity index (χ3v) is 4.20. The van der Waals surface area contributed by atoms with Crippen LogP contribution in [0.5, 0.6) is 0 Å². The predicted octanol–water partition coefficient (Wildman–Crippen LogP) is 4.11. The van der Waals surface area contributed by atoms with Gasteiger partial charge in [-0.25, -0.2) is 18.2 Å². The SMILES string of the molecule is CC(C)C[C@H](CO)Nc1nc(Cl)nc(CC(C)c2cc(F)c(F)c(F)c2)n1. The second-order valence-corrected chi connectivity index (χ2v) is 7.24. The van der Waals surface area contributed by atoms with Crippen molar-refractivity contribution in [3.63, 3.8) is 0 Å². The molecule has 1 unspecified atom stereocenters. The van der Waals surface area contributed by atoms with E-state index in [-0.39, 0.29) is 41.8 Å². The van der Waals surface area contributed by atoms with Gasteiger partial charge >= 0.3 is 0 Å². The fraction of sp³-hybridized carbons (Fsp3) is 0.500. The molecule has 0 radical (unpaired) electrons. The Balaban J connectivity index is 2.18. The van der Waals surface area contributed by atoms with Gasteiger partial charge in [-0.3, -0.25) is 0 Å². The van der Waals surface area contributed by atoms with Gasteiger partial charge in [0.2, 0.25) is 11.2 Å². The quantitative estimate of drug-likeness (QED) is 0.650. The van der Waals surface area contributed by atoms with Gasteiger partial charge in [0.1, 0.15) is 5.82 Å². The van der Waals surface area contributed by atoms with Crippen molar-refractivity contribution >= 4 is 17.5 Å². The minimum absolute atomic E-state index is 0.0348. The minimum atomic E-state index is -1.50. The summed E-state index contributed by atoms with van der Waals surface area (Å²) in [5, 5.41) is 12.5. The molecule has 0 bridgehead atoms. The van der Waals surface area contributed by atoms with Crippen molar-refractivity contribution in [2.75, 3.05) is 11.9 Å². The highest BCUT2D eigenvalue weighted by molar-refractivity contribution is 6.28. The summed E-state index contributed by atoms with van der Waals surface area (Å²) < 4.78 is 40.0. The molecule has 5 nitrogen and oxygen atoms in total. The summed E-state index contributed by atoms with van der Waals surface area (Å²) in [5.41, 5.74) is 0.283. The van der Waals surface area contributed by atoms with Crippen LogP contribution in [0.1, 0.15) is 44.5 Å². The first-order valence-corrected chi connectivity index (χ1v) is 8.99. The summed E-state index contributed by atoms with van der Waals surface area (Å²) in [6, 6.07) is 1.67. The van der Waals surface area contributed by atoms with E-state index in [1.54, 1.807) is 6.92 Å². The molecule has 2 N–H and O–H groups in total. The number of benzene rings is 1. The number of nitrogens with zero attached hydrogens (tertiary/aromatic N) is 3. The molecule has 0 spiro atoms. The molecule has 1 heterocycles. The standard InChI is InChI=1S/C18H22ClF3N4O/c1-9(2)4-12(8-27)23-18-25-15(24-17(19)26-18)5-10(3)11-6-13(20)16(22)14(21)7-11/h6-7,9-10,12,27H,4-5,8H2,1-3H3,(H,23,24,25,26)/t10?,12-/m1/s1. The van der Waals surface area contributed by atoms with Crippen LogP contribution in [-0.4, -0.2) is 32.7 Å². The molecule has 0 amide bonds. The average molecular weight is 403 g/mol. The summed E-state index contributed by atoms with van der Waals surface area (Å²) in [7, 11) is 0. The lowest BCUT2D eigenvalue weighted by Gasteiger charge is -2.18. The first-order chi connectivity index (χ1) is 12.7. The number of aliphatic hydroxyl groups excluding tert-OH is 1. The lowest BCUT2D eigenvalue weighted by Crippen LogP contribution is -2.27. The molecule has 0 aliphatic heterocycles. The zero-order chi connectivity index (χ0) is 20.1. The largest absolute Gasteiger partial charge is 0.394 e. The number of aromatic nitrogens is 3. The van der Waals surface area contributed by atoms with Crippen LogP contribution < -0.4 is 5.32 Å². The monoisotopic (exact) mass is 402 g/mol. The number of anilines is 1. The van der Waals surface area contributed by atoms with Crippen molar-refractivity contribution < 1.29 is 18.3 Å². The first-order valence-electron chi connectivity index (χ1n) is 8.61. The molecule has 2 rings (SSSR count). The fourth-order valence-corrected chi connectivity index (χ4v) is 2.91. The van der Waals surface area contributed by atoms with E-state index in [9.17, 15) is 18.3 Å². The maximum Gasteiger partial charge on any atom is 0.227 e. The molecule has 1 aromatic heterocycles. The molecular weight excluding hydrogens is 381 g/mol. The van der Waals surface area contributed by atoms with E-state index < -0.39 is 17.5 Å². The van der Waals surface area contributed by atoms with E-state index in [2.05, 4.69) is 20.3 Å². The van der Waals surface area contributed by atoms with Crippen LogP contribution in [0.25, 0.3) is 0 Å². The van der Waals surface area contributed by atoms with Gasteiger partial charge in [0.15, 0.2) is 17.5 Å². The Morgan fingerprint density at radius 1 is 1.07 bits per heavy atom. The number of halogens is 4. The Morgan fingerprint density at radius 3 is 2.26 bits per heavy atom. The number of hydrogen-bond acceptors (Lipinski definition) is 5. The van der Waals surface area contributed by atoms with Crippen LogP contribution >= 0.6 is 11.6 Å². The van der Waals surface area contributed by atoms with Crippen molar-refractivity contribution in [2.24, 2.45) is 5.92 Å². The van der Waals surface area contributed by atoms with Crippen LogP contribution in [0.15, 0.2) is 12.1 Å². The van der Waals surface area contributed by atoms with Crippen molar-refractivity contribution in [1.29, 1.82) is 0 Å². The fourth-order valence-electron chi connectivity index (χ4n) is 2.73. The highest BCUT2D eigenvalue weighted by atomic mass is 35.5. The summed E-state index contributed by atoms with van der Waals surface area (Å²) in [6.07, 6.45) is 0.926. The highest BCUT2D eigenvalue weighted by Crippen LogP contribution is 2.24. The highest BCUT2D eigenvalue weighted by Gasteiger charge is 2.18. The first kappa shape index (κ1) is 21.4. The molecule has 1 aromatic carbocycles. The summed E-state index contributed by atoms with van der Waals surface area (Å²) in [6.45, 7) is 5.67. The minimum Gasteiger partial charge on any atom is -0.394 e. The number of nitrogens with one attached hydrogen (secondary N) is 1. The Bertz CT molecular complexity index is 768. The molecule has 0 aliphatic rings. The second-order valence-electron chi connectivity index (χ2n) is 6.90. The van der Waals surface area contributed by atoms with Gasteiger partial charge in [-0.1, -0.05) is 20.8 Å². The van der Waals surface area contributed by atoms with Gasteiger partial charge in [-0.05, 0) is 47.6 Å². The van der Waals surface area contributed by atoms with Crippen LogP contribution in [0.4, 0.5) is 19.1 Å². The lowest BCUT2D eigenvalue weighted by atomic mass is 9.97. The van der Waals surface area contributed by atoms with E-state index in [0.29, 0.717) is 18.2 Å². The Labute approximate surface area is 161 Å². The van der Waals surface area contributed by atoms with Crippen LogP contribution in [0.3, 0.4) is 0 Å². The predicted molar refractivity (Wildman–Crippen MR) is 97.2 cm³/mol. The van der Waals surface area contributed by atoms with Crippen molar-refractivity contribution in [2.45, 2.75) is 45.6 Å². The van der Waals surface area contributed by atoms with Crippen molar-refractivity contribution in [1.82, 2.24) is 15.0 Å². The summed E-state index contributed by atoms with van der Waals surface area (Å²) in [4.78, 5) is 12.3. The van der Waals surface area contributed by atoms with Crippen LogP contribution in [-0.2, 0) is 6.42 Å². The topological polar surface area (TPSA) is 70.9 Å². The normalized spacial score (nSPS) is 13.7. The molecule has 2 atom stereocenters. The van der Waals surface area contributed by atoms with Gasteiger partial charge in [0.05, 0.1) is 12.6 Å². The summed E-state index contributed by atoms with van der Waals surface area (Å²) in [5.74, 6) is -3.48. The number of hydrogen-bond donors (Lipinski definition) is 2. The molecule has 27 heavy (non-hydrogen) atoms. The van der Waals surface area contributed by atoms with Gasteiger partial charge in [-0.2, -0.15) is 9.97 Å². The Morgan fingerprint density at radius 2 is 1.70 bits per heavy atom. The molecule has 148 valence electrons. The lowest BCUT2D eigenvalue weighted by molar-refractivity contribution is 0.259. The van der Waals surface area contributed by atoms with Crippen LogP contribution in [0.2, 0.25) is 5.28 Å². The van der Waals surface area contributed by atoms with E-state index >= 15 is 0 Å². The van der Waals surface area contributed by atoms with E-state index in [0.717, 1.165) is 12.1 Å². The van der Waals surface area contributed by atoms with E-state index in [4.69, 9.17) is 11.6 Å². The van der Waals surface area contributed by atoms with E-state index in [1.807, 2.05) is 13.8 Å². The smallest absolute Gasteiger partial charge is 0.227 e. The summed E-state index contributed by atoms with van der Waals surface area (Å²) >= 11 is 5.95. The van der Waals surface area contributed by atoms with Gasteiger partial charge in [-0.15, -0.1) is 0 Å². The zero-order valence-electron chi connectivity index (χ0n) is 15.3. The maximum atomic E-state index is 13.4. The van der Waals surface area contributed by atoms with Crippen molar-refractivity contribution in [3.05, 3.63) is 46.3 Å². The van der Waals surface area contributed by atoms with Crippen molar-refractivity contribution in [3.8, 4) is 0 Å². The number of rotatable bonds is 8. The molecular formula is C18H22ClF3N4O. The van der Waals surface area contributed by atoms with Crippen LogP contribution in [0, 0.1) is 23.4 Å². The number of aliphatic hydroxyl groups is 1. The zero-order valence-corrected chi connectivity index (χ0v) is 16.1. The molecule has 0 aliphatic carbocycles. The molecule has 0 saturated carbocycles. The van der Waals surface area contributed by atoms with Gasteiger partial charge < -0.3 is 10.4 Å². The third kappa shape index (κ3) is 6.04. The Kier molecular flexibility index (Phi) is 7.38. The van der Waals surface area contributed by atoms with Gasteiger partial charge in [0, 0.05) is 6.42 Å². The van der Waals surface area contributed by atoms with Gasteiger partial charge in [0.25, 0.3) is 0 Å². The maximum absolute atomic E-state index is 13.4. The average Bonchev–Trinajstić information content (AvgIpc) is 2.57. The third-order valence-electron chi connectivity index (χ3n) is 4.03. The molecule has 0 fully saturated rings. The van der Waals surface area contributed by atoms with E-state index in [1.165, 1.54) is 0 Å². The molecule has 0 saturated heterocycles. The molecule has 2 aromatic rings.